The van der Waals surface area contributed by atoms with Crippen molar-refractivity contribution in [2.45, 2.75) is 23.8 Å². The molecule has 8 heteroatoms. The van der Waals surface area contributed by atoms with Gasteiger partial charge in [0.05, 0.1) is 11.0 Å². The van der Waals surface area contributed by atoms with E-state index in [2.05, 4.69) is 9.62 Å². The minimum Gasteiger partial charge on any atom is -0.377 e. The first-order valence-corrected chi connectivity index (χ1v) is 11.8. The molecule has 7 nitrogen and oxygen atoms in total. The molecule has 1 atom stereocenters. The number of nitrogens with zero attached hydrogens (tertiary/aromatic N) is 2. The van der Waals surface area contributed by atoms with E-state index in [4.69, 9.17) is 4.74 Å². The van der Waals surface area contributed by atoms with Gasteiger partial charge in [-0.05, 0) is 49.2 Å². The maximum absolute atomic E-state index is 12.8. The third-order valence-electron chi connectivity index (χ3n) is 5.58. The molecule has 1 N–H and O–H groups in total. The quantitative estimate of drug-likeness (QED) is 0.763. The molecule has 1 amide bonds. The maximum atomic E-state index is 12.8. The van der Waals surface area contributed by atoms with Crippen molar-refractivity contribution in [3.63, 3.8) is 0 Å². The van der Waals surface area contributed by atoms with Crippen LogP contribution in [0.5, 0.6) is 0 Å². The number of rotatable bonds is 6. The molecule has 2 fully saturated rings. The standard InChI is InChI=1S/C22H27N3O4S/c26-22(25-14-12-24(13-15-25)17-20-5-4-16-29-20)18-8-10-19(11-9-18)23-30(27,28)21-6-2-1-3-7-21/h1-3,6-11,20,23H,4-5,12-17H2. The van der Waals surface area contributed by atoms with Crippen LogP contribution in [0.25, 0.3) is 0 Å². The molecule has 2 aliphatic heterocycles. The van der Waals surface area contributed by atoms with Crippen molar-refractivity contribution in [1.29, 1.82) is 0 Å². The van der Waals surface area contributed by atoms with Crippen LogP contribution in [0.4, 0.5) is 5.69 Å². The number of hydrogen-bond acceptors (Lipinski definition) is 5. The van der Waals surface area contributed by atoms with Crippen LogP contribution in [-0.4, -0.2) is 69.6 Å². The van der Waals surface area contributed by atoms with Crippen LogP contribution in [0.1, 0.15) is 23.2 Å². The summed E-state index contributed by atoms with van der Waals surface area (Å²) in [4.78, 5) is 17.2. The van der Waals surface area contributed by atoms with Gasteiger partial charge in [0, 0.05) is 50.6 Å². The van der Waals surface area contributed by atoms with Crippen LogP contribution < -0.4 is 4.72 Å². The predicted octanol–water partition coefficient (Wildman–Crippen LogP) is 2.42. The van der Waals surface area contributed by atoms with Gasteiger partial charge in [0.1, 0.15) is 0 Å². The first-order chi connectivity index (χ1) is 14.5. The molecule has 0 spiro atoms. The minimum atomic E-state index is -3.64. The van der Waals surface area contributed by atoms with Gasteiger partial charge in [0.25, 0.3) is 15.9 Å². The number of amides is 1. The van der Waals surface area contributed by atoms with E-state index in [1.165, 1.54) is 0 Å². The molecular weight excluding hydrogens is 402 g/mol. The first-order valence-electron chi connectivity index (χ1n) is 10.3. The highest BCUT2D eigenvalue weighted by Gasteiger charge is 2.25. The largest absolute Gasteiger partial charge is 0.377 e. The highest BCUT2D eigenvalue weighted by atomic mass is 32.2. The van der Waals surface area contributed by atoms with Gasteiger partial charge in [-0.25, -0.2) is 8.42 Å². The lowest BCUT2D eigenvalue weighted by atomic mass is 10.1. The number of sulfonamides is 1. The van der Waals surface area contributed by atoms with Gasteiger partial charge in [-0.15, -0.1) is 0 Å². The lowest BCUT2D eigenvalue weighted by molar-refractivity contribution is 0.0433. The van der Waals surface area contributed by atoms with Crippen LogP contribution in [0.3, 0.4) is 0 Å². The fourth-order valence-corrected chi connectivity index (χ4v) is 4.97. The minimum absolute atomic E-state index is 0.0239. The van der Waals surface area contributed by atoms with Crippen molar-refractivity contribution in [1.82, 2.24) is 9.80 Å². The molecule has 1 unspecified atom stereocenters. The molecule has 2 aliphatic rings. The fourth-order valence-electron chi connectivity index (χ4n) is 3.89. The summed E-state index contributed by atoms with van der Waals surface area (Å²) in [6.45, 7) is 4.88. The van der Waals surface area contributed by atoms with Crippen molar-refractivity contribution in [3.05, 3.63) is 60.2 Å². The molecule has 4 rings (SSSR count). The van der Waals surface area contributed by atoms with Crippen molar-refractivity contribution < 1.29 is 17.9 Å². The summed E-state index contributed by atoms with van der Waals surface area (Å²) in [6.07, 6.45) is 2.60. The van der Waals surface area contributed by atoms with Crippen molar-refractivity contribution in [3.8, 4) is 0 Å². The SMILES string of the molecule is O=C(c1ccc(NS(=O)(=O)c2ccccc2)cc1)N1CCN(CC2CCCO2)CC1. The van der Waals surface area contributed by atoms with Gasteiger partial charge in [-0.2, -0.15) is 0 Å². The van der Waals surface area contributed by atoms with E-state index in [1.54, 1.807) is 54.6 Å². The van der Waals surface area contributed by atoms with Crippen molar-refractivity contribution in [2.24, 2.45) is 0 Å². The Labute approximate surface area is 177 Å². The second-order valence-corrected chi connectivity index (χ2v) is 9.41. The third kappa shape index (κ3) is 5.00. The number of hydrogen-bond donors (Lipinski definition) is 1. The van der Waals surface area contributed by atoms with Gasteiger partial charge >= 0.3 is 0 Å². The Bertz CT molecular complexity index is 950. The second kappa shape index (κ2) is 9.16. The van der Waals surface area contributed by atoms with E-state index < -0.39 is 10.0 Å². The van der Waals surface area contributed by atoms with Crippen LogP contribution in [-0.2, 0) is 14.8 Å². The average molecular weight is 430 g/mol. The molecule has 0 aromatic heterocycles. The zero-order valence-corrected chi connectivity index (χ0v) is 17.7. The Balaban J connectivity index is 1.32. The van der Waals surface area contributed by atoms with Gasteiger partial charge in [-0.3, -0.25) is 14.4 Å². The van der Waals surface area contributed by atoms with E-state index in [0.717, 1.165) is 39.1 Å². The monoisotopic (exact) mass is 429 g/mol. The molecule has 30 heavy (non-hydrogen) atoms. The number of piperazine rings is 1. The molecule has 2 heterocycles. The topological polar surface area (TPSA) is 79.0 Å². The Morgan fingerprint density at radius 1 is 1.00 bits per heavy atom. The lowest BCUT2D eigenvalue weighted by Gasteiger charge is -2.35. The Morgan fingerprint density at radius 2 is 1.70 bits per heavy atom. The summed E-state index contributed by atoms with van der Waals surface area (Å²) in [5, 5.41) is 0. The number of ether oxygens (including phenoxy) is 1. The van der Waals surface area contributed by atoms with Crippen LogP contribution in [0, 0.1) is 0 Å². The molecule has 0 radical (unpaired) electrons. The normalized spacial score (nSPS) is 20.3. The van der Waals surface area contributed by atoms with Crippen molar-refractivity contribution >= 4 is 21.6 Å². The Hall–Kier alpha value is -2.42. The smallest absolute Gasteiger partial charge is 0.261 e. The number of carbonyl (C=O) groups is 1. The molecule has 2 aromatic carbocycles. The van der Waals surface area contributed by atoms with Gasteiger partial charge in [0.15, 0.2) is 0 Å². The van der Waals surface area contributed by atoms with E-state index in [1.807, 2.05) is 4.90 Å². The molecule has 160 valence electrons. The molecular formula is C22H27N3O4S. The summed E-state index contributed by atoms with van der Waals surface area (Å²) in [7, 11) is -3.64. The highest BCUT2D eigenvalue weighted by molar-refractivity contribution is 7.92. The molecule has 0 bridgehead atoms. The van der Waals surface area contributed by atoms with E-state index in [-0.39, 0.29) is 10.8 Å². The summed E-state index contributed by atoms with van der Waals surface area (Å²) in [5.41, 5.74) is 0.988. The zero-order valence-electron chi connectivity index (χ0n) is 16.9. The summed E-state index contributed by atoms with van der Waals surface area (Å²) in [5.74, 6) is -0.0239. The van der Waals surface area contributed by atoms with Gasteiger partial charge < -0.3 is 9.64 Å². The zero-order chi connectivity index (χ0) is 21.0. The first kappa shape index (κ1) is 20.8. The average Bonchev–Trinajstić information content (AvgIpc) is 3.28. The lowest BCUT2D eigenvalue weighted by Crippen LogP contribution is -2.50. The highest BCUT2D eigenvalue weighted by Crippen LogP contribution is 2.18. The van der Waals surface area contributed by atoms with Crippen LogP contribution >= 0.6 is 0 Å². The number of anilines is 1. The van der Waals surface area contributed by atoms with E-state index in [0.29, 0.717) is 30.4 Å². The maximum Gasteiger partial charge on any atom is 0.261 e. The Morgan fingerprint density at radius 3 is 2.33 bits per heavy atom. The summed E-state index contributed by atoms with van der Waals surface area (Å²) >= 11 is 0. The van der Waals surface area contributed by atoms with Gasteiger partial charge in [0.2, 0.25) is 0 Å². The van der Waals surface area contributed by atoms with Crippen LogP contribution in [0.15, 0.2) is 59.5 Å². The summed E-state index contributed by atoms with van der Waals surface area (Å²) < 4.78 is 33.1. The predicted molar refractivity (Wildman–Crippen MR) is 115 cm³/mol. The van der Waals surface area contributed by atoms with Gasteiger partial charge in [-0.1, -0.05) is 18.2 Å². The number of benzene rings is 2. The Kier molecular flexibility index (Phi) is 6.36. The number of carbonyl (C=O) groups excluding carboxylic acids is 1. The van der Waals surface area contributed by atoms with E-state index >= 15 is 0 Å². The van der Waals surface area contributed by atoms with Crippen molar-refractivity contribution in [2.75, 3.05) is 44.1 Å². The number of nitrogens with one attached hydrogen (secondary N) is 1. The molecule has 2 saturated heterocycles. The molecule has 0 aliphatic carbocycles. The fraction of sp³-hybridized carbons (Fsp3) is 0.409. The molecule has 2 aromatic rings. The second-order valence-electron chi connectivity index (χ2n) is 7.72. The molecule has 0 saturated carbocycles. The van der Waals surface area contributed by atoms with E-state index in [9.17, 15) is 13.2 Å². The summed E-state index contributed by atoms with van der Waals surface area (Å²) in [6, 6.07) is 14.8. The van der Waals surface area contributed by atoms with Crippen LogP contribution in [0.2, 0.25) is 0 Å². The third-order valence-corrected chi connectivity index (χ3v) is 6.98.